The van der Waals surface area contributed by atoms with Gasteiger partial charge in [-0.25, -0.2) is 0 Å². The molecule has 0 N–H and O–H groups in total. The maximum atomic E-state index is 5.38. The minimum absolute atomic E-state index is 0.861. The molecule has 2 rings (SSSR count). The van der Waals surface area contributed by atoms with E-state index in [-0.39, 0.29) is 0 Å². The molecule has 0 fully saturated rings. The second-order valence-corrected chi connectivity index (χ2v) is 3.77. The summed E-state index contributed by atoms with van der Waals surface area (Å²) in [4.78, 5) is 0. The minimum Gasteiger partial charge on any atom is -0.497 e. The van der Waals surface area contributed by atoms with Crippen LogP contribution < -0.4 is 9.47 Å². The fourth-order valence-corrected chi connectivity index (χ4v) is 1.96. The Hall–Kier alpha value is -1.64. The number of aromatic nitrogens is 1. The predicted octanol–water partition coefficient (Wildman–Crippen LogP) is 3.07. The molecule has 0 aliphatic rings. The largest absolute Gasteiger partial charge is 0.497 e. The third-order valence-corrected chi connectivity index (χ3v) is 2.74. The van der Waals surface area contributed by atoms with Crippen molar-refractivity contribution < 1.29 is 9.47 Å². The van der Waals surface area contributed by atoms with E-state index in [1.165, 1.54) is 5.52 Å². The highest BCUT2D eigenvalue weighted by Crippen LogP contribution is 2.31. The van der Waals surface area contributed by atoms with Crippen molar-refractivity contribution in [2.45, 2.75) is 19.9 Å². The number of methoxy groups -OCH3 is 2. The maximum absolute atomic E-state index is 5.38. The highest BCUT2D eigenvalue weighted by molar-refractivity contribution is 5.88. The van der Waals surface area contributed by atoms with Crippen LogP contribution in [0.4, 0.5) is 0 Å². The van der Waals surface area contributed by atoms with Crippen LogP contribution in [0.2, 0.25) is 0 Å². The van der Waals surface area contributed by atoms with Crippen LogP contribution in [-0.2, 0) is 6.54 Å². The highest BCUT2D eigenvalue weighted by atomic mass is 16.5. The number of hydrogen-bond donors (Lipinski definition) is 0. The quantitative estimate of drug-likeness (QED) is 0.789. The van der Waals surface area contributed by atoms with Gasteiger partial charge in [-0.2, -0.15) is 0 Å². The van der Waals surface area contributed by atoms with Crippen LogP contribution in [-0.4, -0.2) is 18.8 Å². The van der Waals surface area contributed by atoms with Crippen molar-refractivity contribution in [3.8, 4) is 11.5 Å². The number of ether oxygens (including phenoxy) is 2. The molecule has 2 aromatic rings. The van der Waals surface area contributed by atoms with E-state index in [1.54, 1.807) is 14.2 Å². The second kappa shape index (κ2) is 4.47. The Labute approximate surface area is 95.6 Å². The SMILES string of the molecule is CCCn1cc(OC)c2cc(OC)ccc21. The summed E-state index contributed by atoms with van der Waals surface area (Å²) in [6.45, 7) is 3.17. The summed E-state index contributed by atoms with van der Waals surface area (Å²) in [6, 6.07) is 6.07. The van der Waals surface area contributed by atoms with Crippen LogP contribution in [0.3, 0.4) is 0 Å². The number of hydrogen-bond acceptors (Lipinski definition) is 2. The molecule has 0 atom stereocenters. The maximum Gasteiger partial charge on any atom is 0.144 e. The van der Waals surface area contributed by atoms with Crippen LogP contribution in [0, 0.1) is 0 Å². The van der Waals surface area contributed by atoms with Crippen molar-refractivity contribution in [1.82, 2.24) is 4.57 Å². The number of aryl methyl sites for hydroxylation is 1. The van der Waals surface area contributed by atoms with Gasteiger partial charge in [0.1, 0.15) is 11.5 Å². The van der Waals surface area contributed by atoms with Gasteiger partial charge in [-0.1, -0.05) is 6.92 Å². The molecule has 0 saturated carbocycles. The van der Waals surface area contributed by atoms with E-state index < -0.39 is 0 Å². The van der Waals surface area contributed by atoms with Gasteiger partial charge >= 0.3 is 0 Å². The van der Waals surface area contributed by atoms with Gasteiger partial charge in [0, 0.05) is 18.1 Å². The summed E-state index contributed by atoms with van der Waals surface area (Å²) in [5.74, 6) is 1.77. The zero-order valence-corrected chi connectivity index (χ0v) is 9.99. The summed E-state index contributed by atoms with van der Waals surface area (Å²) < 4.78 is 12.8. The first-order valence-corrected chi connectivity index (χ1v) is 5.51. The van der Waals surface area contributed by atoms with E-state index in [4.69, 9.17) is 9.47 Å². The van der Waals surface area contributed by atoms with E-state index in [0.717, 1.165) is 29.9 Å². The molecule has 0 unspecified atom stereocenters. The summed E-state index contributed by atoms with van der Waals surface area (Å²) in [6.07, 6.45) is 3.16. The summed E-state index contributed by atoms with van der Waals surface area (Å²) in [5, 5.41) is 1.11. The molecule has 0 saturated heterocycles. The lowest BCUT2D eigenvalue weighted by molar-refractivity contribution is 0.412. The van der Waals surface area contributed by atoms with Crippen molar-refractivity contribution in [2.75, 3.05) is 14.2 Å². The first-order chi connectivity index (χ1) is 7.80. The van der Waals surface area contributed by atoms with Crippen LogP contribution in [0.1, 0.15) is 13.3 Å². The number of fused-ring (bicyclic) bond motifs is 1. The zero-order valence-electron chi connectivity index (χ0n) is 9.99. The molecular formula is C13H17NO2. The molecule has 3 heteroatoms. The molecule has 0 spiro atoms. The first-order valence-electron chi connectivity index (χ1n) is 5.51. The number of rotatable bonds is 4. The molecule has 0 radical (unpaired) electrons. The molecular weight excluding hydrogens is 202 g/mol. The van der Waals surface area contributed by atoms with Crippen molar-refractivity contribution in [2.24, 2.45) is 0 Å². The molecule has 1 aromatic heterocycles. The fraction of sp³-hybridized carbons (Fsp3) is 0.385. The Morgan fingerprint density at radius 3 is 2.62 bits per heavy atom. The van der Waals surface area contributed by atoms with Gasteiger partial charge in [0.15, 0.2) is 0 Å². The van der Waals surface area contributed by atoms with Gasteiger partial charge in [-0.05, 0) is 24.6 Å². The molecule has 1 heterocycles. The smallest absolute Gasteiger partial charge is 0.144 e. The first kappa shape index (κ1) is 10.9. The van der Waals surface area contributed by atoms with E-state index in [9.17, 15) is 0 Å². The third kappa shape index (κ3) is 1.73. The van der Waals surface area contributed by atoms with Gasteiger partial charge in [0.2, 0.25) is 0 Å². The van der Waals surface area contributed by atoms with E-state index in [1.807, 2.05) is 18.3 Å². The molecule has 0 aliphatic heterocycles. The van der Waals surface area contributed by atoms with Crippen molar-refractivity contribution >= 4 is 10.9 Å². The van der Waals surface area contributed by atoms with Gasteiger partial charge < -0.3 is 14.0 Å². The lowest BCUT2D eigenvalue weighted by Crippen LogP contribution is -1.93. The Bertz CT molecular complexity index is 488. The molecule has 0 amide bonds. The topological polar surface area (TPSA) is 23.4 Å². The van der Waals surface area contributed by atoms with E-state index in [0.29, 0.717) is 0 Å². The van der Waals surface area contributed by atoms with Gasteiger partial charge in [0.25, 0.3) is 0 Å². The van der Waals surface area contributed by atoms with Gasteiger partial charge in [0.05, 0.1) is 19.7 Å². The molecule has 0 aliphatic carbocycles. The normalized spacial score (nSPS) is 10.7. The van der Waals surface area contributed by atoms with E-state index >= 15 is 0 Å². The monoisotopic (exact) mass is 219 g/mol. The summed E-state index contributed by atoms with van der Waals surface area (Å²) in [5.41, 5.74) is 1.19. The highest BCUT2D eigenvalue weighted by Gasteiger charge is 2.09. The minimum atomic E-state index is 0.861. The summed E-state index contributed by atoms with van der Waals surface area (Å²) >= 11 is 0. The molecule has 3 nitrogen and oxygen atoms in total. The zero-order chi connectivity index (χ0) is 11.5. The Morgan fingerprint density at radius 1 is 1.19 bits per heavy atom. The van der Waals surface area contributed by atoms with Crippen molar-refractivity contribution in [3.05, 3.63) is 24.4 Å². The third-order valence-electron chi connectivity index (χ3n) is 2.74. The summed E-state index contributed by atoms with van der Waals surface area (Å²) in [7, 11) is 3.38. The number of benzene rings is 1. The van der Waals surface area contributed by atoms with Crippen LogP contribution in [0.25, 0.3) is 10.9 Å². The predicted molar refractivity (Wildman–Crippen MR) is 65.3 cm³/mol. The Kier molecular flexibility index (Phi) is 3.04. The number of nitrogens with zero attached hydrogens (tertiary/aromatic N) is 1. The van der Waals surface area contributed by atoms with Crippen LogP contribution >= 0.6 is 0 Å². The van der Waals surface area contributed by atoms with Crippen molar-refractivity contribution in [3.63, 3.8) is 0 Å². The second-order valence-electron chi connectivity index (χ2n) is 3.77. The Morgan fingerprint density at radius 2 is 2.00 bits per heavy atom. The average molecular weight is 219 g/mol. The van der Waals surface area contributed by atoms with Gasteiger partial charge in [-0.15, -0.1) is 0 Å². The molecule has 0 bridgehead atoms. The van der Waals surface area contributed by atoms with Crippen LogP contribution in [0.15, 0.2) is 24.4 Å². The van der Waals surface area contributed by atoms with Crippen LogP contribution in [0.5, 0.6) is 11.5 Å². The lowest BCUT2D eigenvalue weighted by atomic mass is 10.2. The standard InChI is InChI=1S/C13H17NO2/c1-4-7-14-9-13(16-3)11-8-10(15-2)5-6-12(11)14/h5-6,8-9H,4,7H2,1-3H3. The molecule has 16 heavy (non-hydrogen) atoms. The molecule has 1 aromatic carbocycles. The molecule has 86 valence electrons. The average Bonchev–Trinajstić information content (AvgIpc) is 2.67. The van der Waals surface area contributed by atoms with Crippen molar-refractivity contribution in [1.29, 1.82) is 0 Å². The van der Waals surface area contributed by atoms with E-state index in [2.05, 4.69) is 17.6 Å². The lowest BCUT2D eigenvalue weighted by Gasteiger charge is -2.03. The van der Waals surface area contributed by atoms with Gasteiger partial charge in [-0.3, -0.25) is 0 Å². The Balaban J connectivity index is 2.59. The fourth-order valence-electron chi connectivity index (χ4n) is 1.96.